The highest BCUT2D eigenvalue weighted by Crippen LogP contribution is 2.49. The Morgan fingerprint density at radius 3 is 1.07 bits per heavy atom. The third-order valence-corrected chi connectivity index (χ3v) is 15.0. The molecule has 450 valence electrons. The number of carbonyl (C=O) groups is 1. The van der Waals surface area contributed by atoms with E-state index in [4.69, 9.17) is 47.4 Å². The molecule has 0 fully saturated rings. The van der Waals surface area contributed by atoms with Crippen LogP contribution >= 0.6 is 0 Å². The molecule has 1 aliphatic heterocycles. The SMILES string of the molecule is O=C(O[C@@H]1Cc2c(OCc3ccccc3)cc(OCc3ccccc3)cc2O[C@@H]1c1cc(OCc2ccccc2)c(OCc2ccccc2)c(OCc2ccccc2)c1)c1cc(OCc2ccccc2)c(OCc2ccccc2)c(OCc2ccccc2)c1F. The van der Waals surface area contributed by atoms with Crippen LogP contribution in [0, 0.1) is 5.82 Å². The zero-order valence-corrected chi connectivity index (χ0v) is 49.4. The molecular weight excluding hydrogens is 1130 g/mol. The van der Waals surface area contributed by atoms with Crippen molar-refractivity contribution >= 4 is 5.97 Å². The second-order valence-corrected chi connectivity index (χ2v) is 21.5. The van der Waals surface area contributed by atoms with E-state index in [1.165, 1.54) is 6.07 Å². The first-order valence-corrected chi connectivity index (χ1v) is 29.8. The van der Waals surface area contributed by atoms with Gasteiger partial charge in [0.05, 0.1) is 0 Å². The van der Waals surface area contributed by atoms with Gasteiger partial charge in [-0.15, -0.1) is 0 Å². The summed E-state index contributed by atoms with van der Waals surface area (Å²) in [5.41, 5.74) is 7.60. The van der Waals surface area contributed by atoms with Gasteiger partial charge in [-0.2, -0.15) is 0 Å². The van der Waals surface area contributed by atoms with E-state index in [9.17, 15) is 0 Å². The van der Waals surface area contributed by atoms with Crippen LogP contribution in [0.4, 0.5) is 4.39 Å². The van der Waals surface area contributed by atoms with Gasteiger partial charge in [0.2, 0.25) is 17.2 Å². The maximum absolute atomic E-state index is 18.1. The highest BCUT2D eigenvalue weighted by molar-refractivity contribution is 5.92. The summed E-state index contributed by atoms with van der Waals surface area (Å²) >= 11 is 0. The molecule has 12 heteroatoms. The summed E-state index contributed by atoms with van der Waals surface area (Å²) in [5, 5.41) is 0. The van der Waals surface area contributed by atoms with Crippen molar-refractivity contribution in [2.24, 2.45) is 0 Å². The van der Waals surface area contributed by atoms with E-state index in [0.717, 1.165) is 44.5 Å². The minimum atomic E-state index is -1.18. The molecule has 0 amide bonds. The second-order valence-electron chi connectivity index (χ2n) is 21.5. The molecule has 0 bridgehead atoms. The molecule has 0 unspecified atom stereocenters. The van der Waals surface area contributed by atoms with Crippen LogP contribution in [0.2, 0.25) is 0 Å². The van der Waals surface area contributed by atoms with Crippen LogP contribution in [0.25, 0.3) is 0 Å². The number of halogens is 1. The Kier molecular flexibility index (Phi) is 19.5. The third-order valence-electron chi connectivity index (χ3n) is 15.0. The largest absolute Gasteiger partial charge is 0.489 e. The number of hydrogen-bond acceptors (Lipinski definition) is 11. The monoisotopic (exact) mass is 1200 g/mol. The molecule has 0 spiro atoms. The number of fused-ring (bicyclic) bond motifs is 1. The third kappa shape index (κ3) is 15.6. The molecule has 1 aliphatic rings. The van der Waals surface area contributed by atoms with Gasteiger partial charge in [0.1, 0.15) is 81.8 Å². The van der Waals surface area contributed by atoms with Crippen LogP contribution < -0.4 is 42.6 Å². The van der Waals surface area contributed by atoms with E-state index >= 15 is 9.18 Å². The Bertz CT molecular complexity index is 4010. The van der Waals surface area contributed by atoms with Gasteiger partial charge in [0, 0.05) is 35.7 Å². The van der Waals surface area contributed by atoms with Crippen molar-refractivity contribution < 1.29 is 56.6 Å². The lowest BCUT2D eigenvalue weighted by molar-refractivity contribution is -0.0195. The number of hydrogen-bond donors (Lipinski definition) is 0. The van der Waals surface area contributed by atoms with E-state index in [1.807, 2.05) is 267 Å². The van der Waals surface area contributed by atoms with Crippen molar-refractivity contribution in [3.05, 3.63) is 340 Å². The summed E-state index contributed by atoms with van der Waals surface area (Å²) in [7, 11) is 0. The highest BCUT2D eigenvalue weighted by atomic mass is 19.1. The van der Waals surface area contributed by atoms with Crippen molar-refractivity contribution in [1.82, 2.24) is 0 Å². The molecule has 1 heterocycles. The Hall–Kier alpha value is -11.0. The van der Waals surface area contributed by atoms with Crippen LogP contribution in [0.3, 0.4) is 0 Å². The van der Waals surface area contributed by atoms with Crippen LogP contribution in [0.1, 0.15) is 72.1 Å². The topological polar surface area (TPSA) is 109 Å². The van der Waals surface area contributed by atoms with E-state index in [0.29, 0.717) is 45.6 Å². The average molecular weight is 1200 g/mol. The maximum atomic E-state index is 18.1. The van der Waals surface area contributed by atoms with E-state index in [-0.39, 0.29) is 76.5 Å². The Balaban J connectivity index is 0.989. The van der Waals surface area contributed by atoms with Crippen LogP contribution in [0.15, 0.2) is 273 Å². The number of rotatable bonds is 27. The van der Waals surface area contributed by atoms with Crippen molar-refractivity contribution in [1.29, 1.82) is 0 Å². The lowest BCUT2D eigenvalue weighted by Gasteiger charge is -2.35. The molecule has 0 saturated carbocycles. The molecule has 2 atom stereocenters. The Morgan fingerprint density at radius 2 is 0.678 bits per heavy atom. The molecule has 11 aromatic carbocycles. The molecule has 90 heavy (non-hydrogen) atoms. The number of carbonyl (C=O) groups excluding carboxylic acids is 1. The summed E-state index contributed by atoms with van der Waals surface area (Å²) < 4.78 is 85.0. The zero-order chi connectivity index (χ0) is 61.1. The standard InChI is InChI=1S/C78H65FO11/c79-73-66(46-71(85-51-59-33-17-5-18-34-59)76(87-53-61-37-21-7-22-38-61)77(73)88-54-62-39-23-8-24-40-62)78(80)90-72-45-65-67(82-48-56-27-11-2-12-28-56)43-64(81-47-55-25-9-1-10-26-55)44-68(65)89-74(72)63-41-69(83-49-57-29-13-3-14-30-57)75(86-52-60-35-19-6-20-36-60)70(42-63)84-50-58-31-15-4-16-32-58/h1-44,46,72,74H,45,47-54H2/t72-,74-/m1/s1. The van der Waals surface area contributed by atoms with Crippen LogP contribution in [0.5, 0.6) is 51.7 Å². The molecule has 0 aromatic heterocycles. The van der Waals surface area contributed by atoms with E-state index in [1.54, 1.807) is 0 Å². The molecule has 0 aliphatic carbocycles. The van der Waals surface area contributed by atoms with E-state index in [2.05, 4.69) is 0 Å². The second kappa shape index (κ2) is 29.6. The van der Waals surface area contributed by atoms with E-state index < -0.39 is 29.6 Å². The minimum Gasteiger partial charge on any atom is -0.489 e. The Labute approximate surface area is 523 Å². The fourth-order valence-electron chi connectivity index (χ4n) is 10.3. The smallest absolute Gasteiger partial charge is 0.341 e. The predicted molar refractivity (Wildman–Crippen MR) is 342 cm³/mol. The first kappa shape index (κ1) is 59.4. The summed E-state index contributed by atoms with van der Waals surface area (Å²) in [6.45, 7) is 0.973. The Morgan fingerprint density at radius 1 is 0.356 bits per heavy atom. The fraction of sp³-hybridized carbons (Fsp3) is 0.141. The van der Waals surface area contributed by atoms with Gasteiger partial charge < -0.3 is 47.4 Å². The molecule has 11 nitrogen and oxygen atoms in total. The fourth-order valence-corrected chi connectivity index (χ4v) is 10.3. The predicted octanol–water partition coefficient (Wildman–Crippen LogP) is 17.4. The molecule has 11 aromatic rings. The van der Waals surface area contributed by atoms with Gasteiger partial charge in [-0.3, -0.25) is 0 Å². The van der Waals surface area contributed by atoms with Gasteiger partial charge in [-0.05, 0) is 56.6 Å². The summed E-state index contributed by atoms with van der Waals surface area (Å²) in [5.74, 6) is -0.0333. The number of esters is 1. The van der Waals surface area contributed by atoms with Gasteiger partial charge >= 0.3 is 5.97 Å². The molecule has 0 saturated heterocycles. The first-order valence-electron chi connectivity index (χ1n) is 29.8. The van der Waals surface area contributed by atoms with Crippen molar-refractivity contribution in [2.45, 2.75) is 71.5 Å². The molecule has 12 rings (SSSR count). The van der Waals surface area contributed by atoms with Gasteiger partial charge in [0.25, 0.3) is 0 Å². The minimum absolute atomic E-state index is 0.0239. The number of benzene rings is 11. The van der Waals surface area contributed by atoms with Crippen molar-refractivity contribution in [3.63, 3.8) is 0 Å². The zero-order valence-electron chi connectivity index (χ0n) is 49.4. The van der Waals surface area contributed by atoms with Gasteiger partial charge in [-0.1, -0.05) is 243 Å². The quantitative estimate of drug-likeness (QED) is 0.0459. The summed E-state index contributed by atoms with van der Waals surface area (Å²) in [6.07, 6.45) is -2.28. The van der Waals surface area contributed by atoms with Gasteiger partial charge in [-0.25, -0.2) is 9.18 Å². The summed E-state index contributed by atoms with van der Waals surface area (Å²) in [4.78, 5) is 15.6. The van der Waals surface area contributed by atoms with Crippen LogP contribution in [-0.4, -0.2) is 12.1 Å². The highest BCUT2D eigenvalue weighted by Gasteiger charge is 2.40. The van der Waals surface area contributed by atoms with Crippen LogP contribution in [-0.2, 0) is 64.0 Å². The summed E-state index contributed by atoms with van der Waals surface area (Å²) in [6, 6.07) is 86.0. The lowest BCUT2D eigenvalue weighted by atomic mass is 9.93. The number of ether oxygens (including phenoxy) is 10. The first-order chi connectivity index (χ1) is 44.4. The van der Waals surface area contributed by atoms with Crippen molar-refractivity contribution in [3.8, 4) is 51.7 Å². The average Bonchev–Trinajstić information content (AvgIpc) is 1.17. The molecule has 0 N–H and O–H groups in total. The normalized spacial score (nSPS) is 13.2. The van der Waals surface area contributed by atoms with Crippen molar-refractivity contribution in [2.75, 3.05) is 0 Å². The molecule has 0 radical (unpaired) electrons. The molecular formula is C78H65FO11. The lowest BCUT2D eigenvalue weighted by Crippen LogP contribution is -2.35. The maximum Gasteiger partial charge on any atom is 0.341 e. The van der Waals surface area contributed by atoms with Gasteiger partial charge in [0.15, 0.2) is 29.2 Å².